The zero-order chi connectivity index (χ0) is 9.10. The molecule has 2 aliphatic heterocycles. The van der Waals surface area contributed by atoms with E-state index < -0.39 is 0 Å². The lowest BCUT2D eigenvalue weighted by molar-refractivity contribution is -0.133. The summed E-state index contributed by atoms with van der Waals surface area (Å²) in [4.78, 5) is 13.7. The highest BCUT2D eigenvalue weighted by Crippen LogP contribution is 2.13. The monoisotopic (exact) mass is 182 g/mol. The Hall–Kier alpha value is -0.570. The van der Waals surface area contributed by atoms with E-state index in [1.54, 1.807) is 0 Å². The Morgan fingerprint density at radius 3 is 2.54 bits per heavy atom. The molecule has 3 nitrogen and oxygen atoms in total. The summed E-state index contributed by atoms with van der Waals surface area (Å²) in [7, 11) is 0. The summed E-state index contributed by atoms with van der Waals surface area (Å²) >= 11 is 0. The molecular formula is C10H18N2O. The Labute approximate surface area is 79.5 Å². The van der Waals surface area contributed by atoms with Gasteiger partial charge in [0.2, 0.25) is 5.91 Å². The van der Waals surface area contributed by atoms with Crippen LogP contribution in [0.2, 0.25) is 0 Å². The van der Waals surface area contributed by atoms with Crippen molar-refractivity contribution in [1.29, 1.82) is 0 Å². The maximum absolute atomic E-state index is 11.7. The molecule has 0 aromatic heterocycles. The molecule has 1 unspecified atom stereocenters. The fraction of sp³-hybridized carbons (Fsp3) is 0.900. The van der Waals surface area contributed by atoms with Gasteiger partial charge in [-0.3, -0.25) is 4.79 Å². The fourth-order valence-electron chi connectivity index (χ4n) is 2.01. The lowest BCUT2D eigenvalue weighted by Crippen LogP contribution is -2.47. The van der Waals surface area contributed by atoms with Crippen LogP contribution in [0, 0.1) is 0 Å². The quantitative estimate of drug-likeness (QED) is 0.683. The molecule has 2 fully saturated rings. The Bertz CT molecular complexity index is 183. The van der Waals surface area contributed by atoms with E-state index in [0.29, 0.717) is 11.9 Å². The lowest BCUT2D eigenvalue weighted by atomic mass is 10.0. The van der Waals surface area contributed by atoms with E-state index in [2.05, 4.69) is 5.32 Å². The first kappa shape index (κ1) is 9.00. The first-order valence-electron chi connectivity index (χ1n) is 5.37. The number of nitrogens with zero attached hydrogens (tertiary/aromatic N) is 1. The molecule has 1 amide bonds. The van der Waals surface area contributed by atoms with Gasteiger partial charge in [-0.25, -0.2) is 0 Å². The SMILES string of the molecule is O=C(CC1CCN1)N1CCCCC1. The van der Waals surface area contributed by atoms with Crippen LogP contribution < -0.4 is 5.32 Å². The summed E-state index contributed by atoms with van der Waals surface area (Å²) < 4.78 is 0. The zero-order valence-electron chi connectivity index (χ0n) is 8.09. The van der Waals surface area contributed by atoms with Crippen molar-refractivity contribution in [3.63, 3.8) is 0 Å². The van der Waals surface area contributed by atoms with Gasteiger partial charge in [-0.15, -0.1) is 0 Å². The number of rotatable bonds is 2. The van der Waals surface area contributed by atoms with Crippen LogP contribution in [0.4, 0.5) is 0 Å². The van der Waals surface area contributed by atoms with Crippen LogP contribution in [0.3, 0.4) is 0 Å². The van der Waals surface area contributed by atoms with E-state index in [1.165, 1.54) is 25.7 Å². The molecule has 74 valence electrons. The van der Waals surface area contributed by atoms with Gasteiger partial charge in [-0.2, -0.15) is 0 Å². The molecular weight excluding hydrogens is 164 g/mol. The largest absolute Gasteiger partial charge is 0.343 e. The second-order valence-electron chi connectivity index (χ2n) is 4.09. The first-order valence-corrected chi connectivity index (χ1v) is 5.37. The zero-order valence-corrected chi connectivity index (χ0v) is 8.09. The van der Waals surface area contributed by atoms with Gasteiger partial charge in [0.15, 0.2) is 0 Å². The fourth-order valence-corrected chi connectivity index (χ4v) is 2.01. The Balaban J connectivity index is 1.74. The molecule has 13 heavy (non-hydrogen) atoms. The van der Waals surface area contributed by atoms with E-state index in [4.69, 9.17) is 0 Å². The van der Waals surface area contributed by atoms with Crippen molar-refractivity contribution in [1.82, 2.24) is 10.2 Å². The molecule has 2 saturated heterocycles. The van der Waals surface area contributed by atoms with E-state index in [-0.39, 0.29) is 0 Å². The Morgan fingerprint density at radius 2 is 2.00 bits per heavy atom. The van der Waals surface area contributed by atoms with Crippen LogP contribution in [0.15, 0.2) is 0 Å². The highest BCUT2D eigenvalue weighted by Gasteiger charge is 2.23. The second-order valence-corrected chi connectivity index (χ2v) is 4.09. The Kier molecular flexibility index (Phi) is 2.83. The van der Waals surface area contributed by atoms with E-state index in [9.17, 15) is 4.79 Å². The normalized spacial score (nSPS) is 28.3. The molecule has 0 saturated carbocycles. The van der Waals surface area contributed by atoms with Gasteiger partial charge in [-0.05, 0) is 32.2 Å². The van der Waals surface area contributed by atoms with Gasteiger partial charge >= 0.3 is 0 Å². The third-order valence-corrected chi connectivity index (χ3v) is 3.06. The number of hydrogen-bond acceptors (Lipinski definition) is 2. The van der Waals surface area contributed by atoms with E-state index >= 15 is 0 Å². The smallest absolute Gasteiger partial charge is 0.224 e. The molecule has 0 aromatic carbocycles. The molecule has 0 aromatic rings. The molecule has 2 heterocycles. The van der Waals surface area contributed by atoms with Gasteiger partial charge in [0, 0.05) is 25.6 Å². The maximum atomic E-state index is 11.7. The van der Waals surface area contributed by atoms with Crippen molar-refractivity contribution in [2.75, 3.05) is 19.6 Å². The molecule has 1 N–H and O–H groups in total. The van der Waals surface area contributed by atoms with Crippen LogP contribution in [0.1, 0.15) is 32.1 Å². The number of nitrogens with one attached hydrogen (secondary N) is 1. The van der Waals surface area contributed by atoms with E-state index in [0.717, 1.165) is 26.1 Å². The predicted octanol–water partition coefficient (Wildman–Crippen LogP) is 0.751. The molecule has 0 spiro atoms. The highest BCUT2D eigenvalue weighted by atomic mass is 16.2. The number of carbonyl (C=O) groups is 1. The predicted molar refractivity (Wildman–Crippen MR) is 51.5 cm³/mol. The summed E-state index contributed by atoms with van der Waals surface area (Å²) in [5, 5.41) is 3.27. The average molecular weight is 182 g/mol. The van der Waals surface area contributed by atoms with Gasteiger partial charge in [-0.1, -0.05) is 0 Å². The van der Waals surface area contributed by atoms with Crippen molar-refractivity contribution >= 4 is 5.91 Å². The first-order chi connectivity index (χ1) is 6.36. The third-order valence-electron chi connectivity index (χ3n) is 3.06. The number of piperidine rings is 1. The van der Waals surface area contributed by atoms with Crippen LogP contribution >= 0.6 is 0 Å². The van der Waals surface area contributed by atoms with Crippen molar-refractivity contribution in [2.45, 2.75) is 38.1 Å². The number of carbonyl (C=O) groups excluding carboxylic acids is 1. The molecule has 3 heteroatoms. The number of amides is 1. The van der Waals surface area contributed by atoms with Crippen molar-refractivity contribution in [3.05, 3.63) is 0 Å². The summed E-state index contributed by atoms with van der Waals surface area (Å²) in [6.45, 7) is 3.08. The van der Waals surface area contributed by atoms with Crippen LogP contribution in [-0.2, 0) is 4.79 Å². The van der Waals surface area contributed by atoms with Crippen LogP contribution in [0.25, 0.3) is 0 Å². The lowest BCUT2D eigenvalue weighted by Gasteiger charge is -2.32. The molecule has 0 bridgehead atoms. The standard InChI is InChI=1S/C10H18N2O/c13-10(8-9-4-5-11-9)12-6-2-1-3-7-12/h9,11H,1-8H2. The molecule has 1 atom stereocenters. The van der Waals surface area contributed by atoms with Crippen molar-refractivity contribution in [3.8, 4) is 0 Å². The van der Waals surface area contributed by atoms with Gasteiger partial charge in [0.05, 0.1) is 0 Å². The van der Waals surface area contributed by atoms with Gasteiger partial charge < -0.3 is 10.2 Å². The summed E-state index contributed by atoms with van der Waals surface area (Å²) in [5.74, 6) is 0.358. The molecule has 2 rings (SSSR count). The molecule has 0 radical (unpaired) electrons. The van der Waals surface area contributed by atoms with Crippen LogP contribution in [-0.4, -0.2) is 36.5 Å². The third kappa shape index (κ3) is 2.21. The summed E-state index contributed by atoms with van der Waals surface area (Å²) in [6, 6.07) is 0.481. The average Bonchev–Trinajstić information content (AvgIpc) is 2.12. The number of likely N-dealkylation sites (tertiary alicyclic amines) is 1. The van der Waals surface area contributed by atoms with Gasteiger partial charge in [0.1, 0.15) is 0 Å². The Morgan fingerprint density at radius 1 is 1.31 bits per heavy atom. The number of hydrogen-bond donors (Lipinski definition) is 1. The van der Waals surface area contributed by atoms with Gasteiger partial charge in [0.25, 0.3) is 0 Å². The van der Waals surface area contributed by atoms with E-state index in [1.807, 2.05) is 4.90 Å². The summed E-state index contributed by atoms with van der Waals surface area (Å²) in [6.07, 6.45) is 5.60. The summed E-state index contributed by atoms with van der Waals surface area (Å²) in [5.41, 5.74) is 0. The highest BCUT2D eigenvalue weighted by molar-refractivity contribution is 5.77. The second kappa shape index (κ2) is 4.09. The minimum atomic E-state index is 0.358. The van der Waals surface area contributed by atoms with Crippen molar-refractivity contribution in [2.24, 2.45) is 0 Å². The van der Waals surface area contributed by atoms with Crippen molar-refractivity contribution < 1.29 is 4.79 Å². The minimum Gasteiger partial charge on any atom is -0.343 e. The molecule has 2 aliphatic rings. The maximum Gasteiger partial charge on any atom is 0.224 e. The minimum absolute atomic E-state index is 0.358. The topological polar surface area (TPSA) is 32.3 Å². The molecule has 0 aliphatic carbocycles. The van der Waals surface area contributed by atoms with Crippen LogP contribution in [0.5, 0.6) is 0 Å².